The zero-order valence-electron chi connectivity index (χ0n) is 13.6. The van der Waals surface area contributed by atoms with Crippen LogP contribution in [-0.4, -0.2) is 34.5 Å². The van der Waals surface area contributed by atoms with Crippen LogP contribution in [0.2, 0.25) is 0 Å². The Hall–Kier alpha value is -2.81. The molecule has 0 aliphatic heterocycles. The summed E-state index contributed by atoms with van der Waals surface area (Å²) in [5, 5.41) is 14.1. The van der Waals surface area contributed by atoms with Gasteiger partial charge in [0.1, 0.15) is 11.6 Å². The molecule has 6 heteroatoms. The third-order valence-corrected chi connectivity index (χ3v) is 3.00. The van der Waals surface area contributed by atoms with E-state index in [9.17, 15) is 19.5 Å². The van der Waals surface area contributed by atoms with Crippen molar-refractivity contribution in [3.63, 3.8) is 0 Å². The van der Waals surface area contributed by atoms with Crippen LogP contribution in [0.5, 0.6) is 0 Å². The number of carbonyl (C=O) groups is 3. The van der Waals surface area contributed by atoms with Gasteiger partial charge in [-0.2, -0.15) is 0 Å². The monoisotopic (exact) mass is 318 g/mol. The Balaban J connectivity index is 5.08. The summed E-state index contributed by atoms with van der Waals surface area (Å²) in [5.74, 6) is -0.00699. The molecule has 2 amide bonds. The average Bonchev–Trinajstić information content (AvgIpc) is 2.49. The number of amides is 2. The fraction of sp³-hybridized carbons (Fsp3) is 0.353. The van der Waals surface area contributed by atoms with Crippen LogP contribution in [0.3, 0.4) is 0 Å². The van der Waals surface area contributed by atoms with Gasteiger partial charge in [0.15, 0.2) is 0 Å². The summed E-state index contributed by atoms with van der Waals surface area (Å²) in [6.07, 6.45) is 11.0. The molecule has 0 aliphatic rings. The maximum Gasteiger partial charge on any atom is 0.326 e. The van der Waals surface area contributed by atoms with Crippen molar-refractivity contribution in [1.82, 2.24) is 10.6 Å². The number of carboxylic acid groups (broad SMARTS) is 1. The highest BCUT2D eigenvalue weighted by molar-refractivity contribution is 5.96. The number of carbonyl (C=O) groups excluding carboxylic acids is 2. The summed E-state index contributed by atoms with van der Waals surface area (Å²) in [6.45, 7) is 7.98. The number of hydrogen-bond donors (Lipinski definition) is 3. The molecule has 6 nitrogen and oxygen atoms in total. The number of terminal acetylenes is 1. The fourth-order valence-electron chi connectivity index (χ4n) is 1.63. The van der Waals surface area contributed by atoms with E-state index in [2.05, 4.69) is 23.1 Å². The Morgan fingerprint density at radius 3 is 2.43 bits per heavy atom. The van der Waals surface area contributed by atoms with E-state index >= 15 is 0 Å². The van der Waals surface area contributed by atoms with E-state index < -0.39 is 29.4 Å². The quantitative estimate of drug-likeness (QED) is 0.355. The van der Waals surface area contributed by atoms with Crippen molar-refractivity contribution >= 4 is 17.8 Å². The molecule has 0 aromatic rings. The normalized spacial score (nSPS) is 13.0. The standard InChI is InChI=1S/C17H22N2O4/c1-6-9-10-12(7-2)11-13(15(21)22)18-16(23)17(4,5)19-14(20)8-3/h1,7-10,13H,3,11H2,2,4-5H3,(H,18,23)(H,19,20)(H,21,22)/b10-9-,12-7+. The lowest BCUT2D eigenvalue weighted by Crippen LogP contribution is -2.57. The van der Waals surface area contributed by atoms with Crippen LogP contribution in [0.15, 0.2) is 36.5 Å². The first kappa shape index (κ1) is 20.2. The van der Waals surface area contributed by atoms with Gasteiger partial charge in [0.05, 0.1) is 0 Å². The predicted octanol–water partition coefficient (Wildman–Crippen LogP) is 1.16. The molecule has 0 saturated carbocycles. The molecule has 0 fully saturated rings. The van der Waals surface area contributed by atoms with Gasteiger partial charge in [0.2, 0.25) is 11.8 Å². The van der Waals surface area contributed by atoms with Crippen LogP contribution in [0.25, 0.3) is 0 Å². The molecule has 0 heterocycles. The van der Waals surface area contributed by atoms with E-state index in [4.69, 9.17) is 6.42 Å². The van der Waals surface area contributed by atoms with Crippen LogP contribution >= 0.6 is 0 Å². The van der Waals surface area contributed by atoms with Gasteiger partial charge in [-0.05, 0) is 38.5 Å². The second kappa shape index (κ2) is 9.26. The van der Waals surface area contributed by atoms with Crippen LogP contribution in [0.1, 0.15) is 27.2 Å². The predicted molar refractivity (Wildman–Crippen MR) is 88.3 cm³/mol. The Kier molecular flexibility index (Phi) is 8.13. The largest absolute Gasteiger partial charge is 0.480 e. The number of allylic oxidation sites excluding steroid dienone is 3. The highest BCUT2D eigenvalue weighted by Crippen LogP contribution is 2.10. The van der Waals surface area contributed by atoms with E-state index in [1.165, 1.54) is 19.9 Å². The molecular weight excluding hydrogens is 296 g/mol. The Morgan fingerprint density at radius 1 is 1.39 bits per heavy atom. The van der Waals surface area contributed by atoms with Crippen molar-refractivity contribution in [2.45, 2.75) is 38.8 Å². The second-order valence-corrected chi connectivity index (χ2v) is 5.25. The molecule has 1 unspecified atom stereocenters. The molecule has 3 N–H and O–H groups in total. The lowest BCUT2D eigenvalue weighted by atomic mass is 10.0. The van der Waals surface area contributed by atoms with Crippen molar-refractivity contribution in [3.05, 3.63) is 36.5 Å². The molecule has 124 valence electrons. The first-order chi connectivity index (χ1) is 10.7. The molecule has 23 heavy (non-hydrogen) atoms. The van der Waals surface area contributed by atoms with Crippen molar-refractivity contribution in [3.8, 4) is 12.3 Å². The van der Waals surface area contributed by atoms with Crippen molar-refractivity contribution in [2.24, 2.45) is 0 Å². The fourth-order valence-corrected chi connectivity index (χ4v) is 1.63. The van der Waals surface area contributed by atoms with E-state index in [0.717, 1.165) is 6.08 Å². The first-order valence-corrected chi connectivity index (χ1v) is 6.94. The second-order valence-electron chi connectivity index (χ2n) is 5.25. The third kappa shape index (κ3) is 7.14. The van der Waals surface area contributed by atoms with E-state index in [0.29, 0.717) is 5.57 Å². The van der Waals surface area contributed by atoms with Gasteiger partial charge in [-0.3, -0.25) is 9.59 Å². The summed E-state index contributed by atoms with van der Waals surface area (Å²) >= 11 is 0. The molecule has 0 spiro atoms. The average molecular weight is 318 g/mol. The SMILES string of the molecule is C#C/C=C\C(=C/C)CC(NC(=O)C(C)(C)NC(=O)C=C)C(=O)O. The van der Waals surface area contributed by atoms with Crippen LogP contribution in [0.4, 0.5) is 0 Å². The molecular formula is C17H22N2O4. The Bertz CT molecular complexity index is 580. The summed E-state index contributed by atoms with van der Waals surface area (Å²) in [5.41, 5.74) is -0.604. The Labute approximate surface area is 136 Å². The molecule has 0 aromatic carbocycles. The van der Waals surface area contributed by atoms with Gasteiger partial charge in [0, 0.05) is 6.42 Å². The molecule has 0 aromatic heterocycles. The zero-order valence-corrected chi connectivity index (χ0v) is 13.6. The minimum atomic E-state index is -1.27. The van der Waals surface area contributed by atoms with Gasteiger partial charge < -0.3 is 15.7 Å². The van der Waals surface area contributed by atoms with Gasteiger partial charge in [-0.1, -0.05) is 24.7 Å². The number of aliphatic carboxylic acids is 1. The highest BCUT2D eigenvalue weighted by atomic mass is 16.4. The van der Waals surface area contributed by atoms with Gasteiger partial charge in [0.25, 0.3) is 0 Å². The highest BCUT2D eigenvalue weighted by Gasteiger charge is 2.32. The van der Waals surface area contributed by atoms with Gasteiger partial charge in [-0.25, -0.2) is 4.79 Å². The lowest BCUT2D eigenvalue weighted by molar-refractivity contribution is -0.142. The number of rotatable bonds is 8. The maximum atomic E-state index is 12.2. The summed E-state index contributed by atoms with van der Waals surface area (Å²) in [6, 6.07) is -1.14. The van der Waals surface area contributed by atoms with E-state index in [1.807, 2.05) is 0 Å². The molecule has 0 bridgehead atoms. The van der Waals surface area contributed by atoms with Crippen LogP contribution < -0.4 is 10.6 Å². The molecule has 0 aliphatic carbocycles. The number of carboxylic acids is 1. The third-order valence-electron chi connectivity index (χ3n) is 3.00. The summed E-state index contributed by atoms with van der Waals surface area (Å²) < 4.78 is 0. The van der Waals surface area contributed by atoms with Gasteiger partial charge in [-0.15, -0.1) is 6.42 Å². The van der Waals surface area contributed by atoms with Crippen molar-refractivity contribution < 1.29 is 19.5 Å². The molecule has 0 radical (unpaired) electrons. The molecule has 0 saturated heterocycles. The smallest absolute Gasteiger partial charge is 0.326 e. The van der Waals surface area contributed by atoms with E-state index in [1.54, 1.807) is 19.1 Å². The summed E-state index contributed by atoms with van der Waals surface area (Å²) in [7, 11) is 0. The molecule has 1 atom stereocenters. The van der Waals surface area contributed by atoms with Crippen LogP contribution in [0, 0.1) is 12.3 Å². The number of hydrogen-bond acceptors (Lipinski definition) is 3. The maximum absolute atomic E-state index is 12.2. The first-order valence-electron chi connectivity index (χ1n) is 6.94. The van der Waals surface area contributed by atoms with E-state index in [-0.39, 0.29) is 6.42 Å². The van der Waals surface area contributed by atoms with Crippen molar-refractivity contribution in [1.29, 1.82) is 0 Å². The Morgan fingerprint density at radius 2 is 2.00 bits per heavy atom. The van der Waals surface area contributed by atoms with Gasteiger partial charge >= 0.3 is 5.97 Å². The van der Waals surface area contributed by atoms with Crippen molar-refractivity contribution in [2.75, 3.05) is 0 Å². The summed E-state index contributed by atoms with van der Waals surface area (Å²) in [4.78, 5) is 34.9. The van der Waals surface area contributed by atoms with Crippen LogP contribution in [-0.2, 0) is 14.4 Å². The minimum Gasteiger partial charge on any atom is -0.480 e. The minimum absolute atomic E-state index is 0.0707. The lowest BCUT2D eigenvalue weighted by Gasteiger charge is -2.26. The topological polar surface area (TPSA) is 95.5 Å². The molecule has 0 rings (SSSR count). The zero-order chi connectivity index (χ0) is 18.0. The number of nitrogens with one attached hydrogen (secondary N) is 2.